The van der Waals surface area contributed by atoms with Crippen molar-refractivity contribution in [1.82, 2.24) is 0 Å². The Balaban J connectivity index is 2.34. The van der Waals surface area contributed by atoms with Gasteiger partial charge in [-0.15, -0.1) is 0 Å². The average molecular weight is 208 g/mol. The minimum Gasteiger partial charge on any atom is -0.493 e. The maximum atomic E-state index is 14.0. The van der Waals surface area contributed by atoms with Gasteiger partial charge >= 0.3 is 0 Å². The molecule has 0 N–H and O–H groups in total. The lowest BCUT2D eigenvalue weighted by Crippen LogP contribution is -2.11. The van der Waals surface area contributed by atoms with Crippen molar-refractivity contribution in [3.63, 3.8) is 0 Å². The van der Waals surface area contributed by atoms with Gasteiger partial charge in [0.15, 0.2) is 0 Å². The highest BCUT2D eigenvalue weighted by Crippen LogP contribution is 2.32. The van der Waals surface area contributed by atoms with E-state index in [9.17, 15) is 4.39 Å². The Kier molecular flexibility index (Phi) is 2.45. The molecule has 0 aromatic heterocycles. The lowest BCUT2D eigenvalue weighted by Gasteiger charge is -2.19. The predicted octanol–water partition coefficient (Wildman–Crippen LogP) is 3.35. The van der Waals surface area contributed by atoms with Crippen molar-refractivity contribution in [2.45, 2.75) is 33.6 Å². The Hall–Kier alpha value is -1.05. The molecule has 2 rings (SSSR count). The van der Waals surface area contributed by atoms with Crippen molar-refractivity contribution in [3.05, 3.63) is 29.1 Å². The van der Waals surface area contributed by atoms with E-state index in [2.05, 4.69) is 20.8 Å². The van der Waals surface area contributed by atoms with Crippen LogP contribution in [0.25, 0.3) is 0 Å². The Morgan fingerprint density at radius 3 is 2.73 bits per heavy atom. The second-order valence-electron chi connectivity index (χ2n) is 5.35. The highest BCUT2D eigenvalue weighted by atomic mass is 19.1. The summed E-state index contributed by atoms with van der Waals surface area (Å²) < 4.78 is 19.3. The Morgan fingerprint density at radius 2 is 2.07 bits per heavy atom. The second kappa shape index (κ2) is 3.51. The summed E-state index contributed by atoms with van der Waals surface area (Å²) >= 11 is 0. The fourth-order valence-corrected chi connectivity index (χ4v) is 1.99. The van der Waals surface area contributed by atoms with Crippen molar-refractivity contribution in [2.24, 2.45) is 5.41 Å². The number of hydrogen-bond acceptors (Lipinski definition) is 1. The number of halogens is 1. The van der Waals surface area contributed by atoms with E-state index in [1.807, 2.05) is 12.1 Å². The average Bonchev–Trinajstić information content (AvgIpc) is 2.56. The quantitative estimate of drug-likeness (QED) is 0.687. The summed E-state index contributed by atoms with van der Waals surface area (Å²) in [5.74, 6) is 0.671. The monoisotopic (exact) mass is 208 g/mol. The van der Waals surface area contributed by atoms with Gasteiger partial charge in [-0.25, -0.2) is 4.39 Å². The molecule has 0 spiro atoms. The van der Waals surface area contributed by atoms with Gasteiger partial charge in [0.25, 0.3) is 0 Å². The van der Waals surface area contributed by atoms with Crippen LogP contribution >= 0.6 is 0 Å². The molecule has 1 aromatic rings. The summed E-state index contributed by atoms with van der Waals surface area (Å²) in [5, 5.41) is 0. The van der Waals surface area contributed by atoms with Crippen molar-refractivity contribution < 1.29 is 9.13 Å². The summed E-state index contributed by atoms with van der Waals surface area (Å²) in [7, 11) is 0. The van der Waals surface area contributed by atoms with Crippen LogP contribution in [0, 0.1) is 11.2 Å². The topological polar surface area (TPSA) is 9.23 Å². The third kappa shape index (κ3) is 2.14. The molecule has 0 fully saturated rings. The number of ether oxygens (including phenoxy) is 1. The zero-order chi connectivity index (χ0) is 11.1. The molecule has 2 heteroatoms. The molecule has 1 nitrogen and oxygen atoms in total. The highest BCUT2D eigenvalue weighted by Gasteiger charge is 2.21. The van der Waals surface area contributed by atoms with Gasteiger partial charge in [-0.2, -0.15) is 0 Å². The summed E-state index contributed by atoms with van der Waals surface area (Å²) in [6, 6.07) is 3.75. The second-order valence-corrected chi connectivity index (χ2v) is 5.35. The Labute approximate surface area is 90.3 Å². The summed E-state index contributed by atoms with van der Waals surface area (Å²) in [5.41, 5.74) is 1.69. The zero-order valence-electron chi connectivity index (χ0n) is 9.56. The van der Waals surface area contributed by atoms with Crippen LogP contribution in [-0.2, 0) is 12.8 Å². The Bertz CT molecular complexity index is 377. The van der Waals surface area contributed by atoms with Gasteiger partial charge in [0, 0.05) is 12.0 Å². The van der Waals surface area contributed by atoms with Crippen molar-refractivity contribution in [2.75, 3.05) is 6.61 Å². The third-order valence-corrected chi connectivity index (χ3v) is 2.61. The van der Waals surface area contributed by atoms with Crippen LogP contribution in [0.15, 0.2) is 12.1 Å². The first-order chi connectivity index (χ1) is 6.97. The fourth-order valence-electron chi connectivity index (χ4n) is 1.99. The lowest BCUT2D eigenvalue weighted by atomic mass is 9.87. The van der Waals surface area contributed by atoms with E-state index in [1.54, 1.807) is 0 Å². The molecule has 0 aliphatic carbocycles. The molecule has 1 aliphatic rings. The van der Waals surface area contributed by atoms with Crippen LogP contribution in [0.5, 0.6) is 5.75 Å². The maximum Gasteiger partial charge on any atom is 0.133 e. The van der Waals surface area contributed by atoms with Crippen LogP contribution in [0.3, 0.4) is 0 Å². The van der Waals surface area contributed by atoms with Gasteiger partial charge in [-0.05, 0) is 23.5 Å². The molecular weight excluding hydrogens is 191 g/mol. The molecule has 1 aromatic carbocycles. The van der Waals surface area contributed by atoms with Crippen molar-refractivity contribution >= 4 is 0 Å². The molecule has 0 saturated carbocycles. The first kappa shape index (κ1) is 10.5. The molecule has 15 heavy (non-hydrogen) atoms. The van der Waals surface area contributed by atoms with E-state index in [1.165, 1.54) is 0 Å². The van der Waals surface area contributed by atoms with Crippen LogP contribution in [0.1, 0.15) is 31.9 Å². The van der Waals surface area contributed by atoms with E-state index in [0.29, 0.717) is 13.0 Å². The molecule has 1 aliphatic heterocycles. The molecule has 0 atom stereocenters. The summed E-state index contributed by atoms with van der Waals surface area (Å²) in [4.78, 5) is 0. The van der Waals surface area contributed by atoms with Crippen molar-refractivity contribution in [1.29, 1.82) is 0 Å². The first-order valence-electron chi connectivity index (χ1n) is 5.40. The van der Waals surface area contributed by atoms with Gasteiger partial charge in [-0.3, -0.25) is 0 Å². The van der Waals surface area contributed by atoms with Gasteiger partial charge < -0.3 is 4.74 Å². The molecule has 0 unspecified atom stereocenters. The molecule has 0 radical (unpaired) electrons. The third-order valence-electron chi connectivity index (χ3n) is 2.61. The fraction of sp³-hybridized carbons (Fsp3) is 0.538. The van der Waals surface area contributed by atoms with Crippen LogP contribution in [-0.4, -0.2) is 6.61 Å². The molecule has 0 saturated heterocycles. The van der Waals surface area contributed by atoms with E-state index in [0.717, 1.165) is 23.3 Å². The van der Waals surface area contributed by atoms with Gasteiger partial charge in [0.05, 0.1) is 6.61 Å². The number of hydrogen-bond donors (Lipinski definition) is 0. The predicted molar refractivity (Wildman–Crippen MR) is 58.8 cm³/mol. The van der Waals surface area contributed by atoms with Crippen molar-refractivity contribution in [3.8, 4) is 5.75 Å². The van der Waals surface area contributed by atoms with Gasteiger partial charge in [0.2, 0.25) is 0 Å². The molecule has 0 bridgehead atoms. The number of fused-ring (bicyclic) bond motifs is 1. The SMILES string of the molecule is CC(C)(C)Cc1ccc2c(c1F)CCO2. The largest absolute Gasteiger partial charge is 0.493 e. The minimum atomic E-state index is -0.0556. The van der Waals surface area contributed by atoms with Crippen LogP contribution in [0.2, 0.25) is 0 Å². The minimum absolute atomic E-state index is 0.0556. The summed E-state index contributed by atoms with van der Waals surface area (Å²) in [6.45, 7) is 6.98. The zero-order valence-corrected chi connectivity index (χ0v) is 9.56. The molecule has 1 heterocycles. The molecular formula is C13H17FO. The number of benzene rings is 1. The van der Waals surface area contributed by atoms with E-state index in [-0.39, 0.29) is 11.2 Å². The van der Waals surface area contributed by atoms with E-state index in [4.69, 9.17) is 4.74 Å². The maximum absolute atomic E-state index is 14.0. The van der Waals surface area contributed by atoms with Crippen LogP contribution < -0.4 is 4.74 Å². The van der Waals surface area contributed by atoms with E-state index >= 15 is 0 Å². The smallest absolute Gasteiger partial charge is 0.133 e. The first-order valence-corrected chi connectivity index (χ1v) is 5.40. The molecule has 0 amide bonds. The highest BCUT2D eigenvalue weighted by molar-refractivity contribution is 5.41. The lowest BCUT2D eigenvalue weighted by molar-refractivity contribution is 0.356. The van der Waals surface area contributed by atoms with Crippen LogP contribution in [0.4, 0.5) is 4.39 Å². The normalized spacial score (nSPS) is 14.9. The van der Waals surface area contributed by atoms with E-state index < -0.39 is 0 Å². The molecule has 82 valence electrons. The number of rotatable bonds is 1. The standard InChI is InChI=1S/C13H17FO/c1-13(2,3)8-9-4-5-11-10(12(9)14)6-7-15-11/h4-5H,6-8H2,1-3H3. The van der Waals surface area contributed by atoms with Gasteiger partial charge in [0.1, 0.15) is 11.6 Å². The van der Waals surface area contributed by atoms with Gasteiger partial charge in [-0.1, -0.05) is 26.8 Å². The summed E-state index contributed by atoms with van der Waals surface area (Å²) in [6.07, 6.45) is 1.48. The Morgan fingerprint density at radius 1 is 1.33 bits per heavy atom.